The van der Waals surface area contributed by atoms with E-state index in [9.17, 15) is 14.4 Å². The van der Waals surface area contributed by atoms with Crippen LogP contribution in [0.5, 0.6) is 0 Å². The summed E-state index contributed by atoms with van der Waals surface area (Å²) in [5.41, 5.74) is 1.46. The number of anilines is 2. The second-order valence-electron chi connectivity index (χ2n) is 6.12. The van der Waals surface area contributed by atoms with E-state index in [0.717, 1.165) is 4.90 Å². The number of rotatable bonds is 3. The number of nitrogens with zero attached hydrogens (tertiary/aromatic N) is 1. The Morgan fingerprint density at radius 3 is 2.32 bits per heavy atom. The Morgan fingerprint density at radius 1 is 0.821 bits per heavy atom. The fraction of sp³-hybridized carbons (Fsp3) is 0. The van der Waals surface area contributed by atoms with Gasteiger partial charge in [-0.1, -0.05) is 41.4 Å². The lowest BCUT2D eigenvalue weighted by Crippen LogP contribution is -2.29. The first-order valence-electron chi connectivity index (χ1n) is 8.30. The van der Waals surface area contributed by atoms with Gasteiger partial charge >= 0.3 is 0 Å². The zero-order valence-corrected chi connectivity index (χ0v) is 15.8. The summed E-state index contributed by atoms with van der Waals surface area (Å²) in [7, 11) is 0. The molecule has 0 unspecified atom stereocenters. The third-order valence-corrected chi connectivity index (χ3v) is 4.88. The second kappa shape index (κ2) is 7.11. The molecule has 1 heterocycles. The number of benzene rings is 3. The van der Waals surface area contributed by atoms with Gasteiger partial charge in [-0.05, 0) is 48.5 Å². The van der Waals surface area contributed by atoms with Crippen LogP contribution in [0, 0.1) is 0 Å². The molecule has 0 fully saturated rings. The molecule has 3 aromatic rings. The molecule has 0 aromatic heterocycles. The lowest BCUT2D eigenvalue weighted by molar-refractivity contribution is 0.0925. The Kier molecular flexibility index (Phi) is 4.63. The molecule has 3 amide bonds. The van der Waals surface area contributed by atoms with Gasteiger partial charge in [0.15, 0.2) is 0 Å². The number of fused-ring (bicyclic) bond motifs is 1. The highest BCUT2D eigenvalue weighted by Crippen LogP contribution is 2.33. The van der Waals surface area contributed by atoms with Crippen LogP contribution in [-0.4, -0.2) is 17.7 Å². The highest BCUT2D eigenvalue weighted by molar-refractivity contribution is 6.40. The lowest BCUT2D eigenvalue weighted by Gasteiger charge is -2.15. The molecule has 0 spiro atoms. The molecule has 7 heteroatoms. The number of amides is 3. The van der Waals surface area contributed by atoms with E-state index in [-0.39, 0.29) is 21.7 Å². The van der Waals surface area contributed by atoms with E-state index < -0.39 is 17.7 Å². The van der Waals surface area contributed by atoms with Gasteiger partial charge in [-0.15, -0.1) is 0 Å². The largest absolute Gasteiger partial charge is 0.322 e. The third kappa shape index (κ3) is 3.15. The molecule has 1 aliphatic rings. The minimum atomic E-state index is -0.523. The first-order chi connectivity index (χ1) is 13.5. The van der Waals surface area contributed by atoms with Crippen molar-refractivity contribution in [2.45, 2.75) is 0 Å². The average molecular weight is 411 g/mol. The van der Waals surface area contributed by atoms with Crippen LogP contribution >= 0.6 is 23.2 Å². The monoisotopic (exact) mass is 410 g/mol. The van der Waals surface area contributed by atoms with Gasteiger partial charge in [-0.25, -0.2) is 4.90 Å². The maximum Gasteiger partial charge on any atom is 0.266 e. The fourth-order valence-corrected chi connectivity index (χ4v) is 3.41. The first kappa shape index (κ1) is 18.2. The molecule has 0 saturated carbocycles. The fourth-order valence-electron chi connectivity index (χ4n) is 3.00. The van der Waals surface area contributed by atoms with Gasteiger partial charge in [0, 0.05) is 16.3 Å². The van der Waals surface area contributed by atoms with Crippen molar-refractivity contribution in [3.8, 4) is 0 Å². The van der Waals surface area contributed by atoms with Gasteiger partial charge in [0.25, 0.3) is 17.7 Å². The lowest BCUT2D eigenvalue weighted by atomic mass is 10.1. The van der Waals surface area contributed by atoms with Gasteiger partial charge in [0.1, 0.15) is 0 Å². The Labute approximate surface area is 170 Å². The van der Waals surface area contributed by atoms with Crippen LogP contribution in [0.1, 0.15) is 31.1 Å². The van der Waals surface area contributed by atoms with Crippen LogP contribution in [0.2, 0.25) is 10.0 Å². The summed E-state index contributed by atoms with van der Waals surface area (Å²) in [5, 5.41) is 3.49. The molecule has 28 heavy (non-hydrogen) atoms. The predicted molar refractivity (Wildman–Crippen MR) is 108 cm³/mol. The van der Waals surface area contributed by atoms with Crippen LogP contribution in [-0.2, 0) is 0 Å². The molecule has 138 valence electrons. The molecule has 0 radical (unpaired) electrons. The summed E-state index contributed by atoms with van der Waals surface area (Å²) in [6.07, 6.45) is 0. The Hall–Kier alpha value is -3.15. The quantitative estimate of drug-likeness (QED) is 0.614. The molecule has 0 bridgehead atoms. The molecule has 1 N–H and O–H groups in total. The number of nitrogens with one attached hydrogen (secondary N) is 1. The topological polar surface area (TPSA) is 66.5 Å². The predicted octanol–water partition coefficient (Wildman–Crippen LogP) is 5.05. The third-order valence-electron chi connectivity index (χ3n) is 4.32. The van der Waals surface area contributed by atoms with Gasteiger partial charge < -0.3 is 5.32 Å². The van der Waals surface area contributed by atoms with Crippen LogP contribution in [0.25, 0.3) is 0 Å². The van der Waals surface area contributed by atoms with Gasteiger partial charge in [0.2, 0.25) is 0 Å². The summed E-state index contributed by atoms with van der Waals surface area (Å²) >= 11 is 12.1. The van der Waals surface area contributed by atoms with Crippen LogP contribution < -0.4 is 10.2 Å². The first-order valence-corrected chi connectivity index (χ1v) is 9.05. The number of para-hydroxylation sites is 1. The molecule has 4 rings (SSSR count). The highest BCUT2D eigenvalue weighted by Gasteiger charge is 2.38. The number of imide groups is 1. The highest BCUT2D eigenvalue weighted by atomic mass is 35.5. The molecule has 0 saturated heterocycles. The molecule has 3 aromatic carbocycles. The van der Waals surface area contributed by atoms with Crippen molar-refractivity contribution in [3.05, 3.63) is 93.5 Å². The SMILES string of the molecule is O=C(Nc1cccc(Cl)c1)c1ccc2c(c1)C(=O)N(c1ccccc1Cl)C2=O. The van der Waals surface area contributed by atoms with Crippen molar-refractivity contribution >= 4 is 52.3 Å². The second-order valence-corrected chi connectivity index (χ2v) is 6.97. The zero-order chi connectivity index (χ0) is 19.8. The maximum atomic E-state index is 12.8. The smallest absolute Gasteiger partial charge is 0.266 e. The van der Waals surface area contributed by atoms with E-state index >= 15 is 0 Å². The molecule has 0 aliphatic carbocycles. The molecule has 5 nitrogen and oxygen atoms in total. The average Bonchev–Trinajstić information content (AvgIpc) is 2.92. The van der Waals surface area contributed by atoms with E-state index in [1.165, 1.54) is 18.2 Å². The molecular formula is C21H12Cl2N2O3. The van der Waals surface area contributed by atoms with Gasteiger partial charge in [-0.2, -0.15) is 0 Å². The summed E-state index contributed by atoms with van der Waals surface area (Å²) < 4.78 is 0. The van der Waals surface area contributed by atoms with E-state index in [1.807, 2.05) is 0 Å². The van der Waals surface area contributed by atoms with Crippen LogP contribution in [0.4, 0.5) is 11.4 Å². The van der Waals surface area contributed by atoms with Crippen molar-refractivity contribution in [1.29, 1.82) is 0 Å². The molecule has 1 aliphatic heterocycles. The molecular weight excluding hydrogens is 399 g/mol. The van der Waals surface area contributed by atoms with Crippen molar-refractivity contribution in [3.63, 3.8) is 0 Å². The minimum absolute atomic E-state index is 0.156. The van der Waals surface area contributed by atoms with E-state index in [2.05, 4.69) is 5.32 Å². The van der Waals surface area contributed by atoms with Crippen molar-refractivity contribution in [1.82, 2.24) is 0 Å². The van der Waals surface area contributed by atoms with E-state index in [1.54, 1.807) is 48.5 Å². The Balaban J connectivity index is 1.65. The molecule has 0 atom stereocenters. The minimum Gasteiger partial charge on any atom is -0.322 e. The summed E-state index contributed by atoms with van der Waals surface area (Å²) in [6.45, 7) is 0. The van der Waals surface area contributed by atoms with Crippen molar-refractivity contribution in [2.24, 2.45) is 0 Å². The number of hydrogen-bond acceptors (Lipinski definition) is 3. The number of halogens is 2. The standard InChI is InChI=1S/C21H12Cl2N2O3/c22-13-4-3-5-14(11-13)24-19(26)12-8-9-15-16(10-12)21(28)25(20(15)27)18-7-2-1-6-17(18)23/h1-11H,(H,24,26). The zero-order valence-electron chi connectivity index (χ0n) is 14.3. The number of carbonyl (C=O) groups is 3. The number of hydrogen-bond donors (Lipinski definition) is 1. The van der Waals surface area contributed by atoms with Crippen molar-refractivity contribution < 1.29 is 14.4 Å². The normalized spacial score (nSPS) is 12.9. The van der Waals surface area contributed by atoms with Gasteiger partial charge in [0.05, 0.1) is 21.8 Å². The number of carbonyl (C=O) groups excluding carboxylic acids is 3. The Morgan fingerprint density at radius 2 is 1.57 bits per heavy atom. The summed E-state index contributed by atoms with van der Waals surface area (Å²) in [6, 6.07) is 17.7. The van der Waals surface area contributed by atoms with E-state index in [0.29, 0.717) is 16.4 Å². The summed E-state index contributed by atoms with van der Waals surface area (Å²) in [4.78, 5) is 39.1. The van der Waals surface area contributed by atoms with E-state index in [4.69, 9.17) is 23.2 Å². The maximum absolute atomic E-state index is 12.8. The van der Waals surface area contributed by atoms with Gasteiger partial charge in [-0.3, -0.25) is 14.4 Å². The van der Waals surface area contributed by atoms with Crippen LogP contribution in [0.3, 0.4) is 0 Å². The summed E-state index contributed by atoms with van der Waals surface area (Å²) in [5.74, 6) is -1.41. The van der Waals surface area contributed by atoms with Crippen molar-refractivity contribution in [2.75, 3.05) is 10.2 Å². The van der Waals surface area contributed by atoms with Crippen LogP contribution in [0.15, 0.2) is 66.7 Å². The Bertz CT molecular complexity index is 1140.